The standard InChI is InChI=1S/C11H21N5OS/c1-6-11(3,4)13-8(17)7(2)18-10-15-14-9(12)16(10)5/h7H,6H2,1-5H3,(H2,12,14)(H,13,17). The molecule has 1 rings (SSSR count). The molecule has 1 heterocycles. The monoisotopic (exact) mass is 271 g/mol. The molecule has 0 spiro atoms. The Balaban J connectivity index is 2.63. The van der Waals surface area contributed by atoms with Gasteiger partial charge < -0.3 is 11.1 Å². The van der Waals surface area contributed by atoms with Crippen LogP contribution in [-0.4, -0.2) is 31.5 Å². The minimum Gasteiger partial charge on any atom is -0.368 e. The second-order valence-corrected chi connectivity index (χ2v) is 6.19. The van der Waals surface area contributed by atoms with Crippen molar-refractivity contribution >= 4 is 23.6 Å². The van der Waals surface area contributed by atoms with Gasteiger partial charge in [-0.15, -0.1) is 10.2 Å². The predicted octanol–water partition coefficient (Wildman–Crippen LogP) is 1.18. The average molecular weight is 271 g/mol. The zero-order valence-corrected chi connectivity index (χ0v) is 12.3. The number of hydrogen-bond donors (Lipinski definition) is 2. The van der Waals surface area contributed by atoms with E-state index in [9.17, 15) is 4.79 Å². The van der Waals surface area contributed by atoms with Gasteiger partial charge in [-0.25, -0.2) is 0 Å². The summed E-state index contributed by atoms with van der Waals surface area (Å²) in [5.41, 5.74) is 5.40. The molecule has 1 unspecified atom stereocenters. The molecule has 0 aliphatic carbocycles. The van der Waals surface area contributed by atoms with Crippen LogP contribution in [0.3, 0.4) is 0 Å². The third-order valence-corrected chi connectivity index (χ3v) is 4.00. The van der Waals surface area contributed by atoms with Crippen molar-refractivity contribution < 1.29 is 4.79 Å². The van der Waals surface area contributed by atoms with E-state index in [-0.39, 0.29) is 16.7 Å². The first-order valence-corrected chi connectivity index (χ1v) is 6.78. The molecule has 3 N–H and O–H groups in total. The van der Waals surface area contributed by atoms with Crippen LogP contribution in [0.5, 0.6) is 0 Å². The molecule has 7 heteroatoms. The zero-order chi connectivity index (χ0) is 13.9. The number of hydrogen-bond acceptors (Lipinski definition) is 5. The number of nitrogen functional groups attached to an aromatic ring is 1. The number of anilines is 1. The number of nitrogens with one attached hydrogen (secondary N) is 1. The lowest BCUT2D eigenvalue weighted by molar-refractivity contribution is -0.121. The Hall–Kier alpha value is -1.24. The Morgan fingerprint density at radius 1 is 1.56 bits per heavy atom. The normalized spacial score (nSPS) is 13.4. The Labute approximate surface area is 112 Å². The summed E-state index contributed by atoms with van der Waals surface area (Å²) in [7, 11) is 1.78. The summed E-state index contributed by atoms with van der Waals surface area (Å²) in [5.74, 6) is 0.340. The third kappa shape index (κ3) is 3.63. The van der Waals surface area contributed by atoms with Crippen molar-refractivity contribution in [2.24, 2.45) is 7.05 Å². The molecule has 0 radical (unpaired) electrons. The van der Waals surface area contributed by atoms with E-state index < -0.39 is 0 Å². The van der Waals surface area contributed by atoms with Crippen LogP contribution in [0.15, 0.2) is 5.16 Å². The van der Waals surface area contributed by atoms with Crippen LogP contribution in [0.25, 0.3) is 0 Å². The number of rotatable bonds is 5. The summed E-state index contributed by atoms with van der Waals surface area (Å²) < 4.78 is 1.67. The fraction of sp³-hybridized carbons (Fsp3) is 0.727. The highest BCUT2D eigenvalue weighted by molar-refractivity contribution is 8.00. The van der Waals surface area contributed by atoms with Gasteiger partial charge in [-0.2, -0.15) is 0 Å². The molecule has 0 aliphatic rings. The van der Waals surface area contributed by atoms with Crippen LogP contribution in [0.2, 0.25) is 0 Å². The lowest BCUT2D eigenvalue weighted by Crippen LogP contribution is -2.46. The molecule has 0 bridgehead atoms. The zero-order valence-electron chi connectivity index (χ0n) is 11.5. The molecule has 0 aliphatic heterocycles. The first kappa shape index (κ1) is 14.8. The minimum absolute atomic E-state index is 0.00609. The Bertz CT molecular complexity index is 429. The van der Waals surface area contributed by atoms with E-state index in [1.807, 2.05) is 27.7 Å². The molecular weight excluding hydrogens is 250 g/mol. The van der Waals surface area contributed by atoms with Crippen molar-refractivity contribution in [2.45, 2.75) is 50.1 Å². The van der Waals surface area contributed by atoms with Crippen LogP contribution in [0.1, 0.15) is 34.1 Å². The Morgan fingerprint density at radius 2 is 2.17 bits per heavy atom. The van der Waals surface area contributed by atoms with Crippen molar-refractivity contribution in [3.63, 3.8) is 0 Å². The smallest absolute Gasteiger partial charge is 0.233 e. The summed E-state index contributed by atoms with van der Waals surface area (Å²) in [4.78, 5) is 12.0. The van der Waals surface area contributed by atoms with Crippen molar-refractivity contribution in [3.8, 4) is 0 Å². The van der Waals surface area contributed by atoms with Crippen molar-refractivity contribution in [2.75, 3.05) is 5.73 Å². The van der Waals surface area contributed by atoms with Crippen molar-refractivity contribution in [1.29, 1.82) is 0 Å². The van der Waals surface area contributed by atoms with Crippen LogP contribution in [-0.2, 0) is 11.8 Å². The van der Waals surface area contributed by atoms with Crippen LogP contribution in [0.4, 0.5) is 5.95 Å². The summed E-state index contributed by atoms with van der Waals surface area (Å²) in [6, 6.07) is 0. The molecule has 1 aromatic heterocycles. The molecule has 6 nitrogen and oxygen atoms in total. The average Bonchev–Trinajstić information content (AvgIpc) is 2.60. The number of amides is 1. The van der Waals surface area contributed by atoms with Gasteiger partial charge in [0.2, 0.25) is 11.9 Å². The van der Waals surface area contributed by atoms with Gasteiger partial charge in [-0.3, -0.25) is 9.36 Å². The van der Waals surface area contributed by atoms with E-state index in [0.717, 1.165) is 6.42 Å². The summed E-state index contributed by atoms with van der Waals surface area (Å²) in [6.45, 7) is 7.89. The van der Waals surface area contributed by atoms with Gasteiger partial charge in [0.15, 0.2) is 5.16 Å². The minimum atomic E-state index is -0.238. The Kier molecular flexibility index (Phi) is 4.61. The van der Waals surface area contributed by atoms with Gasteiger partial charge in [0.1, 0.15) is 0 Å². The summed E-state index contributed by atoms with van der Waals surface area (Å²) in [6.07, 6.45) is 0.882. The Morgan fingerprint density at radius 3 is 2.61 bits per heavy atom. The molecule has 18 heavy (non-hydrogen) atoms. The molecule has 0 aromatic carbocycles. The highest BCUT2D eigenvalue weighted by Crippen LogP contribution is 2.22. The molecule has 0 fully saturated rings. The first-order chi connectivity index (χ1) is 8.26. The number of aromatic nitrogens is 3. The van der Waals surface area contributed by atoms with Gasteiger partial charge in [0.05, 0.1) is 5.25 Å². The lowest BCUT2D eigenvalue weighted by atomic mass is 10.0. The van der Waals surface area contributed by atoms with E-state index in [1.54, 1.807) is 11.6 Å². The molecule has 0 saturated heterocycles. The van der Waals surface area contributed by atoms with E-state index in [2.05, 4.69) is 15.5 Å². The molecule has 102 valence electrons. The van der Waals surface area contributed by atoms with Gasteiger partial charge in [-0.1, -0.05) is 18.7 Å². The van der Waals surface area contributed by atoms with E-state index >= 15 is 0 Å². The fourth-order valence-corrected chi connectivity index (χ4v) is 1.99. The maximum atomic E-state index is 12.0. The topological polar surface area (TPSA) is 85.8 Å². The highest BCUT2D eigenvalue weighted by atomic mass is 32.2. The number of carbonyl (C=O) groups excluding carboxylic acids is 1. The van der Waals surface area contributed by atoms with Gasteiger partial charge >= 0.3 is 0 Å². The molecule has 1 aromatic rings. The molecule has 0 saturated carbocycles. The summed E-state index contributed by atoms with van der Waals surface area (Å²) >= 11 is 1.35. The highest BCUT2D eigenvalue weighted by Gasteiger charge is 2.23. The van der Waals surface area contributed by atoms with E-state index in [0.29, 0.717) is 11.1 Å². The predicted molar refractivity (Wildman–Crippen MR) is 73.2 cm³/mol. The molecule has 1 amide bonds. The number of thioether (sulfide) groups is 1. The van der Waals surface area contributed by atoms with Crippen molar-refractivity contribution in [3.05, 3.63) is 0 Å². The number of nitrogens with two attached hydrogens (primary N) is 1. The maximum Gasteiger partial charge on any atom is 0.233 e. The third-order valence-electron chi connectivity index (χ3n) is 2.87. The van der Waals surface area contributed by atoms with Gasteiger partial charge in [0.25, 0.3) is 0 Å². The quantitative estimate of drug-likeness (QED) is 0.785. The second kappa shape index (κ2) is 5.60. The molecule has 1 atom stereocenters. The van der Waals surface area contributed by atoms with E-state index in [4.69, 9.17) is 5.73 Å². The maximum absolute atomic E-state index is 12.0. The number of carbonyl (C=O) groups is 1. The van der Waals surface area contributed by atoms with Crippen LogP contribution >= 0.6 is 11.8 Å². The van der Waals surface area contributed by atoms with E-state index in [1.165, 1.54) is 11.8 Å². The second-order valence-electron chi connectivity index (χ2n) is 4.89. The van der Waals surface area contributed by atoms with Crippen LogP contribution < -0.4 is 11.1 Å². The largest absolute Gasteiger partial charge is 0.368 e. The first-order valence-electron chi connectivity index (χ1n) is 5.90. The lowest BCUT2D eigenvalue weighted by Gasteiger charge is -2.26. The van der Waals surface area contributed by atoms with Gasteiger partial charge in [-0.05, 0) is 27.2 Å². The SMILES string of the molecule is CCC(C)(C)NC(=O)C(C)Sc1nnc(N)n1C. The van der Waals surface area contributed by atoms with Gasteiger partial charge in [0, 0.05) is 12.6 Å². The molecular formula is C11H21N5OS. The summed E-state index contributed by atoms with van der Waals surface area (Å²) in [5, 5.41) is 11.1. The number of nitrogens with zero attached hydrogens (tertiary/aromatic N) is 3. The fourth-order valence-electron chi connectivity index (χ4n) is 1.16. The van der Waals surface area contributed by atoms with Crippen molar-refractivity contribution in [1.82, 2.24) is 20.1 Å². The van der Waals surface area contributed by atoms with Crippen LogP contribution in [0, 0.1) is 0 Å².